The molecule has 0 radical (unpaired) electrons. The first-order valence-corrected chi connectivity index (χ1v) is 9.41. The van der Waals surface area contributed by atoms with E-state index in [1.807, 2.05) is 39.2 Å². The maximum absolute atomic E-state index is 12.8. The smallest absolute Gasteiger partial charge is 0.339 e. The molecule has 2 aromatic rings. The average Bonchev–Trinajstić information content (AvgIpc) is 2.57. The number of cyclic esters (lactones) is 1. The molecular formula is C21H23Cl2NO2. The van der Waals surface area contributed by atoms with Gasteiger partial charge < -0.3 is 9.64 Å². The lowest BCUT2D eigenvalue weighted by atomic mass is 9.80. The van der Waals surface area contributed by atoms with Crippen molar-refractivity contribution in [3.05, 3.63) is 68.2 Å². The van der Waals surface area contributed by atoms with Crippen molar-refractivity contribution in [2.45, 2.75) is 32.3 Å². The van der Waals surface area contributed by atoms with Crippen molar-refractivity contribution in [1.82, 2.24) is 4.90 Å². The van der Waals surface area contributed by atoms with Crippen LogP contribution in [0.25, 0.3) is 0 Å². The van der Waals surface area contributed by atoms with E-state index >= 15 is 0 Å². The van der Waals surface area contributed by atoms with Gasteiger partial charge in [-0.2, -0.15) is 0 Å². The predicted molar refractivity (Wildman–Crippen MR) is 106 cm³/mol. The van der Waals surface area contributed by atoms with E-state index in [2.05, 4.69) is 17.9 Å². The van der Waals surface area contributed by atoms with E-state index in [-0.39, 0.29) is 5.97 Å². The van der Waals surface area contributed by atoms with E-state index in [1.54, 1.807) is 6.07 Å². The highest BCUT2D eigenvalue weighted by Gasteiger charge is 2.42. The minimum Gasteiger partial charge on any atom is -0.450 e. The highest BCUT2D eigenvalue weighted by atomic mass is 35.5. The zero-order valence-corrected chi connectivity index (χ0v) is 17.0. The number of nitrogens with zero attached hydrogens (tertiary/aromatic N) is 1. The Morgan fingerprint density at radius 1 is 1.08 bits per heavy atom. The molecule has 0 aromatic heterocycles. The second-order valence-electron chi connectivity index (χ2n) is 7.34. The lowest BCUT2D eigenvalue weighted by molar-refractivity contribution is -0.0355. The Bertz CT molecular complexity index is 863. The van der Waals surface area contributed by atoms with Crippen LogP contribution in [0.5, 0.6) is 0 Å². The van der Waals surface area contributed by atoms with Crippen LogP contribution < -0.4 is 0 Å². The molecule has 1 aliphatic rings. The Hall–Kier alpha value is -1.55. The number of benzene rings is 2. The first-order valence-electron chi connectivity index (χ1n) is 8.65. The summed E-state index contributed by atoms with van der Waals surface area (Å²) >= 11 is 12.4. The van der Waals surface area contributed by atoms with Crippen molar-refractivity contribution in [3.63, 3.8) is 0 Å². The van der Waals surface area contributed by atoms with Crippen LogP contribution in [-0.4, -0.2) is 31.5 Å². The number of hydrogen-bond donors (Lipinski definition) is 0. The summed E-state index contributed by atoms with van der Waals surface area (Å²) in [7, 11) is 4.02. The number of carbonyl (C=O) groups excluding carboxylic acids is 1. The second kappa shape index (κ2) is 7.22. The molecule has 0 spiro atoms. The van der Waals surface area contributed by atoms with Crippen LogP contribution in [0.15, 0.2) is 30.3 Å². The largest absolute Gasteiger partial charge is 0.450 e. The Morgan fingerprint density at radius 2 is 1.77 bits per heavy atom. The van der Waals surface area contributed by atoms with E-state index in [0.29, 0.717) is 28.5 Å². The molecule has 0 bridgehead atoms. The maximum Gasteiger partial charge on any atom is 0.339 e. The molecule has 0 N–H and O–H groups in total. The van der Waals surface area contributed by atoms with Crippen molar-refractivity contribution >= 4 is 29.2 Å². The number of ether oxygens (including phenoxy) is 1. The molecule has 1 atom stereocenters. The van der Waals surface area contributed by atoms with Crippen LogP contribution in [0, 0.1) is 13.8 Å². The summed E-state index contributed by atoms with van der Waals surface area (Å²) in [6.45, 7) is 4.86. The lowest BCUT2D eigenvalue weighted by Crippen LogP contribution is -2.41. The Labute approximate surface area is 164 Å². The van der Waals surface area contributed by atoms with Crippen LogP contribution in [0.1, 0.15) is 39.0 Å². The third-order valence-electron chi connectivity index (χ3n) is 5.11. The molecule has 0 amide bonds. The number of carbonyl (C=O) groups is 1. The van der Waals surface area contributed by atoms with Gasteiger partial charge in [0.2, 0.25) is 0 Å². The van der Waals surface area contributed by atoms with Crippen molar-refractivity contribution in [3.8, 4) is 0 Å². The van der Waals surface area contributed by atoms with Gasteiger partial charge in [-0.05, 0) is 68.4 Å². The first kappa shape index (κ1) is 19.2. The van der Waals surface area contributed by atoms with E-state index in [4.69, 9.17) is 27.9 Å². The number of hydrogen-bond acceptors (Lipinski definition) is 3. The summed E-state index contributed by atoms with van der Waals surface area (Å²) in [5.74, 6) is -0.279. The topological polar surface area (TPSA) is 29.5 Å². The Kier molecular flexibility index (Phi) is 5.34. The van der Waals surface area contributed by atoms with Gasteiger partial charge >= 0.3 is 5.97 Å². The summed E-state index contributed by atoms with van der Waals surface area (Å²) in [5.41, 5.74) is 4.09. The van der Waals surface area contributed by atoms with Crippen LogP contribution in [0.3, 0.4) is 0 Å². The molecule has 1 unspecified atom stereocenters. The minimum atomic E-state index is -0.746. The van der Waals surface area contributed by atoms with Crippen molar-refractivity contribution < 1.29 is 9.53 Å². The molecule has 2 aromatic carbocycles. The van der Waals surface area contributed by atoms with Gasteiger partial charge in [0.1, 0.15) is 5.60 Å². The van der Waals surface area contributed by atoms with Gasteiger partial charge in [0.05, 0.1) is 15.6 Å². The molecule has 1 heterocycles. The molecule has 1 aliphatic heterocycles. The fourth-order valence-electron chi connectivity index (χ4n) is 3.42. The third-order valence-corrected chi connectivity index (χ3v) is 5.85. The molecule has 0 saturated carbocycles. The van der Waals surface area contributed by atoms with Gasteiger partial charge in [0.25, 0.3) is 0 Å². The SMILES string of the molecule is Cc1cc2c(cc1C)C(=O)OC(CCN(C)C)(c1ccc(Cl)c(Cl)c1)C2. The molecule has 138 valence electrons. The number of fused-ring (bicyclic) bond motifs is 1. The van der Waals surface area contributed by atoms with E-state index in [9.17, 15) is 4.79 Å². The standard InChI is InChI=1S/C21H23Cl2NO2/c1-13-9-15-12-21(7-8-24(3)4,16-5-6-18(22)19(23)11-16)26-20(25)17(15)10-14(13)2/h5-6,9-11H,7-8,12H2,1-4H3. The van der Waals surface area contributed by atoms with Gasteiger partial charge in [-0.1, -0.05) is 35.3 Å². The number of esters is 1. The summed E-state index contributed by atoms with van der Waals surface area (Å²) in [6.07, 6.45) is 1.30. The molecule has 5 heteroatoms. The van der Waals surface area contributed by atoms with Gasteiger partial charge in [0, 0.05) is 19.4 Å². The highest BCUT2D eigenvalue weighted by molar-refractivity contribution is 6.42. The molecule has 0 saturated heterocycles. The second-order valence-corrected chi connectivity index (χ2v) is 8.15. The zero-order valence-electron chi connectivity index (χ0n) is 15.5. The summed E-state index contributed by atoms with van der Waals surface area (Å²) < 4.78 is 6.06. The first-order chi connectivity index (χ1) is 12.2. The normalized spacial score (nSPS) is 19.4. The van der Waals surface area contributed by atoms with Crippen LogP contribution in [-0.2, 0) is 16.8 Å². The van der Waals surface area contributed by atoms with Crippen LogP contribution >= 0.6 is 23.2 Å². The van der Waals surface area contributed by atoms with Crippen LogP contribution in [0.2, 0.25) is 10.0 Å². The van der Waals surface area contributed by atoms with Gasteiger partial charge in [-0.15, -0.1) is 0 Å². The number of halogens is 2. The zero-order chi connectivity index (χ0) is 19.1. The number of aryl methyl sites for hydroxylation is 2. The monoisotopic (exact) mass is 391 g/mol. The van der Waals surface area contributed by atoms with Gasteiger partial charge in [0.15, 0.2) is 0 Å². The molecule has 0 aliphatic carbocycles. The van der Waals surface area contributed by atoms with Gasteiger partial charge in [-0.3, -0.25) is 0 Å². The number of rotatable bonds is 4. The molecule has 3 nitrogen and oxygen atoms in total. The molecule has 3 rings (SSSR count). The fourth-order valence-corrected chi connectivity index (χ4v) is 3.71. The van der Waals surface area contributed by atoms with E-state index in [0.717, 1.165) is 23.2 Å². The van der Waals surface area contributed by atoms with Crippen LogP contribution in [0.4, 0.5) is 0 Å². The summed E-state index contributed by atoms with van der Waals surface area (Å²) in [5, 5.41) is 0.961. The molecule has 26 heavy (non-hydrogen) atoms. The minimum absolute atomic E-state index is 0.279. The average molecular weight is 392 g/mol. The van der Waals surface area contributed by atoms with Crippen molar-refractivity contribution in [2.24, 2.45) is 0 Å². The fraction of sp³-hybridized carbons (Fsp3) is 0.381. The summed E-state index contributed by atoms with van der Waals surface area (Å²) in [6, 6.07) is 9.52. The Morgan fingerprint density at radius 3 is 2.42 bits per heavy atom. The van der Waals surface area contributed by atoms with E-state index in [1.165, 1.54) is 5.56 Å². The molecular weight excluding hydrogens is 369 g/mol. The van der Waals surface area contributed by atoms with Gasteiger partial charge in [-0.25, -0.2) is 4.79 Å². The maximum atomic E-state index is 12.8. The highest BCUT2D eigenvalue weighted by Crippen LogP contribution is 2.41. The van der Waals surface area contributed by atoms with Crippen molar-refractivity contribution in [2.75, 3.05) is 20.6 Å². The third kappa shape index (κ3) is 3.62. The van der Waals surface area contributed by atoms with Crippen molar-refractivity contribution in [1.29, 1.82) is 0 Å². The predicted octanol–water partition coefficient (Wildman–Crippen LogP) is 5.17. The summed E-state index contributed by atoms with van der Waals surface area (Å²) in [4.78, 5) is 14.9. The quantitative estimate of drug-likeness (QED) is 0.673. The lowest BCUT2D eigenvalue weighted by Gasteiger charge is -2.39. The van der Waals surface area contributed by atoms with E-state index < -0.39 is 5.60 Å². The Balaban J connectivity index is 2.11. The molecule has 0 fully saturated rings.